The molecule has 1 aliphatic rings. The normalized spacial score (nSPS) is 16.1. The highest BCUT2D eigenvalue weighted by Crippen LogP contribution is 2.17. The lowest BCUT2D eigenvalue weighted by Crippen LogP contribution is -2.33. The fourth-order valence-corrected chi connectivity index (χ4v) is 1.45. The van der Waals surface area contributed by atoms with Gasteiger partial charge in [-0.15, -0.1) is 0 Å². The maximum absolute atomic E-state index is 11.5. The quantitative estimate of drug-likeness (QED) is 0.743. The van der Waals surface area contributed by atoms with Crippen molar-refractivity contribution in [3.8, 4) is 0 Å². The van der Waals surface area contributed by atoms with Crippen molar-refractivity contribution in [1.29, 1.82) is 0 Å². The summed E-state index contributed by atoms with van der Waals surface area (Å²) in [6, 6.07) is 0. The summed E-state index contributed by atoms with van der Waals surface area (Å²) < 4.78 is 4.88. The average Bonchev–Trinajstić information content (AvgIpc) is 2.27. The Hall–Kier alpha value is -1.78. The molecule has 0 saturated carbocycles. The number of nitrogens with zero attached hydrogens (tertiary/aromatic N) is 1. The van der Waals surface area contributed by atoms with E-state index in [1.54, 1.807) is 6.92 Å². The molecule has 0 radical (unpaired) electrons. The van der Waals surface area contributed by atoms with E-state index in [4.69, 9.17) is 9.84 Å². The lowest BCUT2D eigenvalue weighted by molar-refractivity contribution is -0.131. The van der Waals surface area contributed by atoms with Gasteiger partial charge in [-0.1, -0.05) is 6.08 Å². The van der Waals surface area contributed by atoms with Gasteiger partial charge in [0.05, 0.1) is 6.61 Å². The van der Waals surface area contributed by atoms with E-state index in [1.165, 1.54) is 11.0 Å². The highest BCUT2D eigenvalue weighted by Gasteiger charge is 2.19. The molecule has 0 aromatic heterocycles. The third kappa shape index (κ3) is 3.42. The zero-order valence-corrected chi connectivity index (χ0v) is 9.18. The Bertz CT molecular complexity index is 333. The lowest BCUT2D eigenvalue weighted by Gasteiger charge is -2.25. The van der Waals surface area contributed by atoms with Crippen LogP contribution in [-0.2, 0) is 9.53 Å². The second kappa shape index (κ2) is 5.95. The Balaban J connectivity index is 2.74. The monoisotopic (exact) mass is 225 g/mol. The molecule has 0 atom stereocenters. The SMILES string of the molecule is CCOC(=O)N1CCCC=C1C=CC(=O)O. The van der Waals surface area contributed by atoms with E-state index in [9.17, 15) is 9.59 Å². The largest absolute Gasteiger partial charge is 0.478 e. The van der Waals surface area contributed by atoms with Gasteiger partial charge in [-0.25, -0.2) is 9.59 Å². The van der Waals surface area contributed by atoms with Crippen LogP contribution in [0.1, 0.15) is 19.8 Å². The molecule has 0 aromatic rings. The number of rotatable bonds is 3. The first kappa shape index (κ1) is 12.3. The number of amides is 1. The summed E-state index contributed by atoms with van der Waals surface area (Å²) in [6.07, 6.45) is 5.54. The highest BCUT2D eigenvalue weighted by atomic mass is 16.6. The molecule has 0 saturated heterocycles. The second-order valence-electron chi connectivity index (χ2n) is 3.29. The molecule has 1 rings (SSSR count). The Morgan fingerprint density at radius 3 is 3.00 bits per heavy atom. The molecule has 0 aromatic carbocycles. The molecule has 1 heterocycles. The zero-order chi connectivity index (χ0) is 12.0. The summed E-state index contributed by atoms with van der Waals surface area (Å²) in [6.45, 7) is 2.61. The first-order valence-corrected chi connectivity index (χ1v) is 5.20. The number of ether oxygens (including phenoxy) is 1. The summed E-state index contributed by atoms with van der Waals surface area (Å²) in [7, 11) is 0. The number of carboxylic acids is 1. The van der Waals surface area contributed by atoms with Crippen LogP contribution in [0.3, 0.4) is 0 Å². The van der Waals surface area contributed by atoms with Gasteiger partial charge in [0, 0.05) is 18.3 Å². The van der Waals surface area contributed by atoms with Gasteiger partial charge in [0.1, 0.15) is 0 Å². The summed E-state index contributed by atoms with van der Waals surface area (Å²) >= 11 is 0. The maximum atomic E-state index is 11.5. The van der Waals surface area contributed by atoms with Crippen LogP contribution in [0.5, 0.6) is 0 Å². The van der Waals surface area contributed by atoms with E-state index >= 15 is 0 Å². The Labute approximate surface area is 94.0 Å². The molecule has 0 fully saturated rings. The number of hydrogen-bond donors (Lipinski definition) is 1. The predicted octanol–water partition coefficient (Wildman–Crippen LogP) is 1.76. The van der Waals surface area contributed by atoms with Gasteiger partial charge >= 0.3 is 12.1 Å². The topological polar surface area (TPSA) is 66.8 Å². The van der Waals surface area contributed by atoms with Crippen molar-refractivity contribution in [2.75, 3.05) is 13.2 Å². The van der Waals surface area contributed by atoms with Crippen LogP contribution in [0.15, 0.2) is 23.9 Å². The molecule has 16 heavy (non-hydrogen) atoms. The molecule has 1 amide bonds. The van der Waals surface area contributed by atoms with Crippen LogP contribution >= 0.6 is 0 Å². The van der Waals surface area contributed by atoms with E-state index in [0.29, 0.717) is 18.8 Å². The van der Waals surface area contributed by atoms with E-state index in [2.05, 4.69) is 0 Å². The molecular formula is C11H15NO4. The van der Waals surface area contributed by atoms with Crippen molar-refractivity contribution < 1.29 is 19.4 Å². The molecule has 0 aliphatic carbocycles. The molecule has 88 valence electrons. The number of carbonyl (C=O) groups excluding carboxylic acids is 1. The van der Waals surface area contributed by atoms with E-state index in [1.807, 2.05) is 6.08 Å². The third-order valence-electron chi connectivity index (χ3n) is 2.14. The van der Waals surface area contributed by atoms with E-state index < -0.39 is 12.1 Å². The fraction of sp³-hybridized carbons (Fsp3) is 0.455. The van der Waals surface area contributed by atoms with Crippen molar-refractivity contribution in [2.24, 2.45) is 0 Å². The van der Waals surface area contributed by atoms with Crippen molar-refractivity contribution in [3.63, 3.8) is 0 Å². The molecule has 1 N–H and O–H groups in total. The average molecular weight is 225 g/mol. The Morgan fingerprint density at radius 1 is 1.62 bits per heavy atom. The number of aliphatic carboxylic acids is 1. The minimum Gasteiger partial charge on any atom is -0.478 e. The van der Waals surface area contributed by atoms with Gasteiger partial charge in [0.2, 0.25) is 0 Å². The summed E-state index contributed by atoms with van der Waals surface area (Å²) in [5, 5.41) is 8.52. The molecule has 0 spiro atoms. The number of carbonyl (C=O) groups is 2. The smallest absolute Gasteiger partial charge is 0.414 e. The number of allylic oxidation sites excluding steroid dienone is 2. The number of hydrogen-bond acceptors (Lipinski definition) is 3. The third-order valence-corrected chi connectivity index (χ3v) is 2.14. The van der Waals surface area contributed by atoms with E-state index in [-0.39, 0.29) is 0 Å². The van der Waals surface area contributed by atoms with Crippen molar-refractivity contribution in [3.05, 3.63) is 23.9 Å². The molecule has 0 unspecified atom stereocenters. The standard InChI is InChI=1S/C11H15NO4/c1-2-16-11(15)12-8-4-3-5-9(12)6-7-10(13)14/h5-7H,2-4,8H2,1H3,(H,13,14). The number of carboxylic acid groups (broad SMARTS) is 1. The van der Waals surface area contributed by atoms with Gasteiger partial charge in [0.15, 0.2) is 0 Å². The molecule has 5 nitrogen and oxygen atoms in total. The van der Waals surface area contributed by atoms with Crippen LogP contribution < -0.4 is 0 Å². The van der Waals surface area contributed by atoms with Crippen LogP contribution in [-0.4, -0.2) is 35.2 Å². The van der Waals surface area contributed by atoms with Gasteiger partial charge < -0.3 is 9.84 Å². The van der Waals surface area contributed by atoms with Crippen molar-refractivity contribution >= 4 is 12.1 Å². The summed E-state index contributed by atoms with van der Waals surface area (Å²) in [5.41, 5.74) is 0.590. The minimum absolute atomic E-state index is 0.311. The van der Waals surface area contributed by atoms with Gasteiger partial charge in [-0.2, -0.15) is 0 Å². The first-order valence-electron chi connectivity index (χ1n) is 5.20. The summed E-state index contributed by atoms with van der Waals surface area (Å²) in [4.78, 5) is 23.4. The van der Waals surface area contributed by atoms with E-state index in [0.717, 1.165) is 18.9 Å². The first-order chi connectivity index (χ1) is 7.65. The summed E-state index contributed by atoms with van der Waals surface area (Å²) in [5.74, 6) is -1.03. The fourth-order valence-electron chi connectivity index (χ4n) is 1.45. The molecule has 0 bridgehead atoms. The Morgan fingerprint density at radius 2 is 2.38 bits per heavy atom. The van der Waals surface area contributed by atoms with Crippen LogP contribution in [0.2, 0.25) is 0 Å². The van der Waals surface area contributed by atoms with Gasteiger partial charge in [0.25, 0.3) is 0 Å². The van der Waals surface area contributed by atoms with Crippen molar-refractivity contribution in [2.45, 2.75) is 19.8 Å². The minimum atomic E-state index is -1.03. The highest BCUT2D eigenvalue weighted by molar-refractivity contribution is 5.81. The van der Waals surface area contributed by atoms with Crippen molar-refractivity contribution in [1.82, 2.24) is 4.90 Å². The lowest BCUT2D eigenvalue weighted by atomic mass is 10.1. The van der Waals surface area contributed by atoms with Gasteiger partial charge in [-0.05, 0) is 25.8 Å². The van der Waals surface area contributed by atoms with Crippen LogP contribution in [0, 0.1) is 0 Å². The molecule has 5 heteroatoms. The predicted molar refractivity (Wildman–Crippen MR) is 57.8 cm³/mol. The van der Waals surface area contributed by atoms with Crippen LogP contribution in [0.25, 0.3) is 0 Å². The maximum Gasteiger partial charge on any atom is 0.414 e. The molecule has 1 aliphatic heterocycles. The van der Waals surface area contributed by atoms with Crippen LogP contribution in [0.4, 0.5) is 4.79 Å². The molecular weight excluding hydrogens is 210 g/mol. The van der Waals surface area contributed by atoms with Gasteiger partial charge in [-0.3, -0.25) is 4.90 Å². The zero-order valence-electron chi connectivity index (χ0n) is 9.18. The Kier molecular flexibility index (Phi) is 4.57. The second-order valence-corrected chi connectivity index (χ2v) is 3.29.